The molecule has 1 atom stereocenters. The number of aromatic nitrogens is 3. The molecule has 0 bridgehead atoms. The van der Waals surface area contributed by atoms with Gasteiger partial charge in [0, 0.05) is 25.0 Å². The van der Waals surface area contributed by atoms with Crippen LogP contribution in [0.1, 0.15) is 19.8 Å². The molecule has 22 heavy (non-hydrogen) atoms. The van der Waals surface area contributed by atoms with Crippen molar-refractivity contribution in [3.8, 4) is 5.82 Å². The Hall–Kier alpha value is -2.12. The van der Waals surface area contributed by atoms with Crippen molar-refractivity contribution in [2.24, 2.45) is 0 Å². The highest BCUT2D eigenvalue weighted by Crippen LogP contribution is 2.17. The third-order valence-corrected chi connectivity index (χ3v) is 3.32. The Morgan fingerprint density at radius 1 is 1.50 bits per heavy atom. The van der Waals surface area contributed by atoms with E-state index in [1.165, 1.54) is 4.68 Å². The molecule has 0 aliphatic heterocycles. The van der Waals surface area contributed by atoms with E-state index in [0.29, 0.717) is 36.0 Å². The number of hydrogen-bond acceptors (Lipinski definition) is 4. The predicted molar refractivity (Wildman–Crippen MR) is 84.3 cm³/mol. The molecule has 0 saturated carbocycles. The maximum atomic E-state index is 11.7. The molecular formula is C14H18ClN5O2. The van der Waals surface area contributed by atoms with Gasteiger partial charge < -0.3 is 10.4 Å². The molecule has 0 radical (unpaired) electrons. The van der Waals surface area contributed by atoms with Crippen LogP contribution < -0.4 is 10.6 Å². The van der Waals surface area contributed by atoms with E-state index < -0.39 is 6.10 Å². The van der Waals surface area contributed by atoms with Crippen molar-refractivity contribution in [1.82, 2.24) is 20.1 Å². The molecule has 2 rings (SSSR count). The Bertz CT molecular complexity index is 631. The first-order valence-electron chi connectivity index (χ1n) is 6.99. The summed E-state index contributed by atoms with van der Waals surface area (Å²) in [5.74, 6) is 0.874. The molecule has 0 aromatic carbocycles. The molecule has 8 heteroatoms. The summed E-state index contributed by atoms with van der Waals surface area (Å²) in [5, 5.41) is 19.3. The van der Waals surface area contributed by atoms with Crippen molar-refractivity contribution in [1.29, 1.82) is 0 Å². The van der Waals surface area contributed by atoms with E-state index in [-0.39, 0.29) is 6.03 Å². The third kappa shape index (κ3) is 4.44. The van der Waals surface area contributed by atoms with Crippen LogP contribution in [0.15, 0.2) is 30.6 Å². The van der Waals surface area contributed by atoms with Crippen LogP contribution in [-0.4, -0.2) is 38.6 Å². The number of hydrogen-bond donors (Lipinski definition) is 3. The van der Waals surface area contributed by atoms with Gasteiger partial charge >= 0.3 is 6.03 Å². The second kappa shape index (κ2) is 7.77. The molecule has 0 spiro atoms. The number of urea groups is 1. The maximum Gasteiger partial charge on any atom is 0.320 e. The van der Waals surface area contributed by atoms with Gasteiger partial charge in [0.1, 0.15) is 0 Å². The van der Waals surface area contributed by atoms with Gasteiger partial charge in [-0.15, -0.1) is 5.10 Å². The second-order valence-electron chi connectivity index (χ2n) is 4.69. The van der Waals surface area contributed by atoms with E-state index in [2.05, 4.69) is 20.7 Å². The summed E-state index contributed by atoms with van der Waals surface area (Å²) < 4.78 is 1.48. The van der Waals surface area contributed by atoms with Crippen molar-refractivity contribution < 1.29 is 9.90 Å². The first kappa shape index (κ1) is 16.3. The molecule has 2 heterocycles. The largest absolute Gasteiger partial charge is 0.393 e. The Balaban J connectivity index is 1.90. The van der Waals surface area contributed by atoms with Gasteiger partial charge in [-0.25, -0.2) is 14.5 Å². The standard InChI is InChI=1S/C14H18ClN5O2/c1-2-10(21)5-8-17-14(22)18-12-6-9-20(19-12)13-11(15)4-3-7-16-13/h3-4,6-7,9-10,21H,2,5,8H2,1H3,(H2,17,18,19,22). The van der Waals surface area contributed by atoms with Crippen LogP contribution in [0.3, 0.4) is 0 Å². The van der Waals surface area contributed by atoms with Gasteiger partial charge in [0.25, 0.3) is 0 Å². The average molecular weight is 324 g/mol. The van der Waals surface area contributed by atoms with E-state index in [0.717, 1.165) is 0 Å². The number of nitrogens with one attached hydrogen (secondary N) is 2. The van der Waals surface area contributed by atoms with E-state index in [1.807, 2.05) is 6.92 Å². The lowest BCUT2D eigenvalue weighted by atomic mass is 10.2. The van der Waals surface area contributed by atoms with Crippen LogP contribution in [0.25, 0.3) is 5.82 Å². The summed E-state index contributed by atoms with van der Waals surface area (Å²) in [5.41, 5.74) is 0. The molecule has 0 aliphatic rings. The van der Waals surface area contributed by atoms with Gasteiger partial charge in [-0.3, -0.25) is 5.32 Å². The van der Waals surface area contributed by atoms with Gasteiger partial charge in [-0.1, -0.05) is 18.5 Å². The summed E-state index contributed by atoms with van der Waals surface area (Å²) in [7, 11) is 0. The van der Waals surface area contributed by atoms with Crippen LogP contribution in [0.5, 0.6) is 0 Å². The van der Waals surface area contributed by atoms with Crippen molar-refractivity contribution >= 4 is 23.4 Å². The van der Waals surface area contributed by atoms with Crippen LogP contribution in [0.2, 0.25) is 5.02 Å². The number of amides is 2. The highest BCUT2D eigenvalue weighted by atomic mass is 35.5. The highest BCUT2D eigenvalue weighted by molar-refractivity contribution is 6.32. The zero-order valence-corrected chi connectivity index (χ0v) is 12.9. The number of carbonyl (C=O) groups is 1. The fourth-order valence-corrected chi connectivity index (χ4v) is 1.98. The molecular weight excluding hydrogens is 306 g/mol. The number of anilines is 1. The van der Waals surface area contributed by atoms with Crippen LogP contribution in [-0.2, 0) is 0 Å². The number of aliphatic hydroxyl groups excluding tert-OH is 1. The zero-order chi connectivity index (χ0) is 15.9. The van der Waals surface area contributed by atoms with Crippen molar-refractivity contribution in [3.05, 3.63) is 35.6 Å². The molecule has 0 aliphatic carbocycles. The average Bonchev–Trinajstić information content (AvgIpc) is 2.95. The van der Waals surface area contributed by atoms with Gasteiger partial charge in [0.15, 0.2) is 11.6 Å². The quantitative estimate of drug-likeness (QED) is 0.760. The molecule has 2 aromatic heterocycles. The zero-order valence-electron chi connectivity index (χ0n) is 12.2. The fraction of sp³-hybridized carbons (Fsp3) is 0.357. The lowest BCUT2D eigenvalue weighted by Gasteiger charge is -2.08. The van der Waals surface area contributed by atoms with Crippen LogP contribution >= 0.6 is 11.6 Å². The second-order valence-corrected chi connectivity index (χ2v) is 5.09. The molecule has 0 saturated heterocycles. The summed E-state index contributed by atoms with van der Waals surface area (Å²) in [4.78, 5) is 15.8. The summed E-state index contributed by atoms with van der Waals surface area (Å²) in [6.07, 6.45) is 4.05. The van der Waals surface area contributed by atoms with Gasteiger partial charge in [-0.05, 0) is 25.0 Å². The summed E-state index contributed by atoms with van der Waals surface area (Å²) in [6.45, 7) is 2.29. The lowest BCUT2D eigenvalue weighted by Crippen LogP contribution is -2.31. The van der Waals surface area contributed by atoms with E-state index >= 15 is 0 Å². The topological polar surface area (TPSA) is 92.1 Å². The fourth-order valence-electron chi connectivity index (χ4n) is 1.77. The Labute approximate surface area is 133 Å². The molecule has 3 N–H and O–H groups in total. The minimum Gasteiger partial charge on any atom is -0.393 e. The lowest BCUT2D eigenvalue weighted by molar-refractivity contribution is 0.160. The third-order valence-electron chi connectivity index (χ3n) is 3.02. The minimum atomic E-state index is -0.397. The molecule has 1 unspecified atom stereocenters. The Morgan fingerprint density at radius 2 is 2.32 bits per heavy atom. The smallest absolute Gasteiger partial charge is 0.320 e. The summed E-state index contributed by atoms with van der Waals surface area (Å²) in [6, 6.07) is 4.71. The van der Waals surface area contributed by atoms with Gasteiger partial charge in [0.05, 0.1) is 11.1 Å². The molecule has 0 fully saturated rings. The van der Waals surface area contributed by atoms with E-state index in [4.69, 9.17) is 11.6 Å². The van der Waals surface area contributed by atoms with E-state index in [1.54, 1.807) is 30.6 Å². The first-order chi connectivity index (χ1) is 10.6. The number of halogens is 1. The first-order valence-corrected chi connectivity index (χ1v) is 7.37. The van der Waals surface area contributed by atoms with Crippen LogP contribution in [0, 0.1) is 0 Å². The van der Waals surface area contributed by atoms with E-state index in [9.17, 15) is 9.90 Å². The predicted octanol–water partition coefficient (Wildman–Crippen LogP) is 2.20. The Morgan fingerprint density at radius 3 is 3.05 bits per heavy atom. The number of pyridine rings is 1. The number of carbonyl (C=O) groups excluding carboxylic acids is 1. The van der Waals surface area contributed by atoms with Crippen molar-refractivity contribution in [2.45, 2.75) is 25.9 Å². The molecule has 2 amide bonds. The van der Waals surface area contributed by atoms with Crippen LogP contribution in [0.4, 0.5) is 10.6 Å². The normalized spacial score (nSPS) is 12.0. The highest BCUT2D eigenvalue weighted by Gasteiger charge is 2.08. The molecule has 2 aromatic rings. The number of rotatable bonds is 6. The summed E-state index contributed by atoms with van der Waals surface area (Å²) >= 11 is 6.04. The Kier molecular flexibility index (Phi) is 5.74. The van der Waals surface area contributed by atoms with Gasteiger partial charge in [0.2, 0.25) is 0 Å². The molecule has 7 nitrogen and oxygen atoms in total. The number of aliphatic hydroxyl groups is 1. The molecule has 118 valence electrons. The van der Waals surface area contributed by atoms with Gasteiger partial charge in [-0.2, -0.15) is 0 Å². The van der Waals surface area contributed by atoms with Crippen molar-refractivity contribution in [2.75, 3.05) is 11.9 Å². The SMILES string of the molecule is CCC(O)CCNC(=O)Nc1ccn(-c2ncccc2Cl)n1. The number of nitrogens with zero attached hydrogens (tertiary/aromatic N) is 3. The minimum absolute atomic E-state index is 0.374. The maximum absolute atomic E-state index is 11.7. The van der Waals surface area contributed by atoms with Crippen molar-refractivity contribution in [3.63, 3.8) is 0 Å². The monoisotopic (exact) mass is 323 g/mol.